The summed E-state index contributed by atoms with van der Waals surface area (Å²) >= 11 is 0. The lowest BCUT2D eigenvalue weighted by molar-refractivity contribution is -0.173. The van der Waals surface area contributed by atoms with E-state index in [2.05, 4.69) is 5.32 Å². The highest BCUT2D eigenvalue weighted by Crippen LogP contribution is 2.36. The van der Waals surface area contributed by atoms with E-state index in [1.807, 2.05) is 0 Å². The SMILES string of the molecule is CCOC(=O)C(CCCNC(=O)OC(C)(C)C)(CCCC1CCCCC1)C(=O)OCC. The van der Waals surface area contributed by atoms with Gasteiger partial charge < -0.3 is 19.5 Å². The minimum atomic E-state index is -1.32. The highest BCUT2D eigenvalue weighted by Gasteiger charge is 2.47. The molecule has 0 aromatic rings. The van der Waals surface area contributed by atoms with E-state index in [4.69, 9.17) is 14.2 Å². The number of ether oxygens (including phenoxy) is 3. The fraction of sp³-hybridized carbons (Fsp3) is 0.875. The summed E-state index contributed by atoms with van der Waals surface area (Å²) < 4.78 is 15.9. The zero-order chi connectivity index (χ0) is 23.3. The minimum absolute atomic E-state index is 0.207. The molecule has 0 heterocycles. The van der Waals surface area contributed by atoms with E-state index >= 15 is 0 Å². The molecule has 7 nitrogen and oxygen atoms in total. The quantitative estimate of drug-likeness (QED) is 0.195. The molecule has 31 heavy (non-hydrogen) atoms. The molecule has 180 valence electrons. The summed E-state index contributed by atoms with van der Waals surface area (Å²) in [5, 5.41) is 2.70. The molecule has 7 heteroatoms. The first-order valence-corrected chi connectivity index (χ1v) is 12.0. The maximum Gasteiger partial charge on any atom is 0.407 e. The number of rotatable bonds is 12. The molecule has 1 amide bonds. The third-order valence-corrected chi connectivity index (χ3v) is 5.72. The Morgan fingerprint density at radius 3 is 1.94 bits per heavy atom. The molecule has 1 aliphatic carbocycles. The van der Waals surface area contributed by atoms with Crippen LogP contribution in [0.3, 0.4) is 0 Å². The van der Waals surface area contributed by atoms with Crippen LogP contribution in [-0.2, 0) is 23.8 Å². The molecule has 1 saturated carbocycles. The molecular weight excluding hydrogens is 398 g/mol. The number of carbonyl (C=O) groups is 3. The maximum absolute atomic E-state index is 12.9. The van der Waals surface area contributed by atoms with Gasteiger partial charge in [0.2, 0.25) is 0 Å². The standard InChI is InChI=1S/C24H43NO6/c1-6-29-20(26)24(21(27)30-7-2,16-11-15-19-13-9-8-10-14-19)17-12-18-25-22(28)31-23(3,4)5/h19H,6-18H2,1-5H3,(H,25,28). The molecule has 0 atom stereocenters. The van der Waals surface area contributed by atoms with E-state index in [0.717, 1.165) is 12.8 Å². The lowest BCUT2D eigenvalue weighted by atomic mass is 9.76. The molecule has 1 rings (SSSR count). The molecule has 0 saturated heterocycles. The van der Waals surface area contributed by atoms with Crippen molar-refractivity contribution in [2.75, 3.05) is 19.8 Å². The van der Waals surface area contributed by atoms with Crippen LogP contribution >= 0.6 is 0 Å². The van der Waals surface area contributed by atoms with Gasteiger partial charge in [-0.3, -0.25) is 9.59 Å². The average Bonchev–Trinajstić information content (AvgIpc) is 2.69. The van der Waals surface area contributed by atoms with Gasteiger partial charge in [-0.15, -0.1) is 0 Å². The molecule has 1 N–H and O–H groups in total. The predicted octanol–water partition coefficient (Wildman–Crippen LogP) is 5.15. The molecule has 0 spiro atoms. The minimum Gasteiger partial charge on any atom is -0.465 e. The van der Waals surface area contributed by atoms with Crippen LogP contribution in [0.15, 0.2) is 0 Å². The Kier molecular flexibility index (Phi) is 11.9. The second kappa shape index (κ2) is 13.6. The maximum atomic E-state index is 12.9. The second-order valence-corrected chi connectivity index (χ2v) is 9.45. The average molecular weight is 442 g/mol. The second-order valence-electron chi connectivity index (χ2n) is 9.45. The molecule has 0 aromatic heterocycles. The van der Waals surface area contributed by atoms with Crippen molar-refractivity contribution in [2.45, 2.75) is 104 Å². The van der Waals surface area contributed by atoms with Crippen molar-refractivity contribution in [1.82, 2.24) is 5.32 Å². The monoisotopic (exact) mass is 441 g/mol. The van der Waals surface area contributed by atoms with Gasteiger partial charge in [-0.25, -0.2) is 4.79 Å². The van der Waals surface area contributed by atoms with Crippen LogP contribution in [0.2, 0.25) is 0 Å². The number of carbonyl (C=O) groups excluding carboxylic acids is 3. The summed E-state index contributed by atoms with van der Waals surface area (Å²) in [4.78, 5) is 37.8. The lowest BCUT2D eigenvalue weighted by Crippen LogP contribution is -2.43. The van der Waals surface area contributed by atoms with Crippen molar-refractivity contribution in [3.63, 3.8) is 0 Å². The van der Waals surface area contributed by atoms with Gasteiger partial charge in [0, 0.05) is 6.54 Å². The first kappa shape index (κ1) is 27.2. The number of amides is 1. The van der Waals surface area contributed by atoms with E-state index in [0.29, 0.717) is 25.3 Å². The van der Waals surface area contributed by atoms with Crippen molar-refractivity contribution in [3.05, 3.63) is 0 Å². The van der Waals surface area contributed by atoms with E-state index in [-0.39, 0.29) is 19.6 Å². The molecule has 0 radical (unpaired) electrons. The normalized spacial score (nSPS) is 15.3. The van der Waals surface area contributed by atoms with Gasteiger partial charge in [0.25, 0.3) is 0 Å². The fourth-order valence-electron chi connectivity index (χ4n) is 4.22. The highest BCUT2D eigenvalue weighted by atomic mass is 16.6. The van der Waals surface area contributed by atoms with E-state index in [9.17, 15) is 14.4 Å². The molecule has 0 bridgehead atoms. The third kappa shape index (κ3) is 9.92. The topological polar surface area (TPSA) is 90.9 Å². The largest absolute Gasteiger partial charge is 0.465 e. The summed E-state index contributed by atoms with van der Waals surface area (Å²) in [6, 6.07) is 0. The molecule has 1 fully saturated rings. The van der Waals surface area contributed by atoms with Gasteiger partial charge in [-0.1, -0.05) is 44.9 Å². The smallest absolute Gasteiger partial charge is 0.407 e. The summed E-state index contributed by atoms with van der Waals surface area (Å²) in [5.74, 6) is -0.367. The summed E-state index contributed by atoms with van der Waals surface area (Å²) in [5.41, 5.74) is -1.90. The van der Waals surface area contributed by atoms with Crippen LogP contribution in [0.5, 0.6) is 0 Å². The molecule has 0 aliphatic heterocycles. The first-order chi connectivity index (χ1) is 14.6. The Hall–Kier alpha value is -1.79. The van der Waals surface area contributed by atoms with Crippen molar-refractivity contribution in [2.24, 2.45) is 11.3 Å². The van der Waals surface area contributed by atoms with Crippen molar-refractivity contribution < 1.29 is 28.6 Å². The number of hydrogen-bond donors (Lipinski definition) is 1. The molecular formula is C24H43NO6. The Balaban J connectivity index is 2.78. The van der Waals surface area contributed by atoms with Gasteiger partial charge in [-0.2, -0.15) is 0 Å². The van der Waals surface area contributed by atoms with Crippen LogP contribution in [0, 0.1) is 11.3 Å². The number of esters is 2. The van der Waals surface area contributed by atoms with Crippen LogP contribution in [-0.4, -0.2) is 43.4 Å². The van der Waals surface area contributed by atoms with Crippen LogP contribution < -0.4 is 5.32 Å². The Labute approximate surface area is 188 Å². The predicted molar refractivity (Wildman–Crippen MR) is 120 cm³/mol. The van der Waals surface area contributed by atoms with Gasteiger partial charge in [0.05, 0.1) is 13.2 Å². The van der Waals surface area contributed by atoms with Gasteiger partial charge in [0.1, 0.15) is 5.60 Å². The number of alkyl carbamates (subject to hydrolysis) is 1. The van der Waals surface area contributed by atoms with Crippen molar-refractivity contribution in [1.29, 1.82) is 0 Å². The summed E-state index contributed by atoms with van der Waals surface area (Å²) in [6.45, 7) is 9.58. The summed E-state index contributed by atoms with van der Waals surface area (Å²) in [7, 11) is 0. The Bertz CT molecular complexity index is 545. The van der Waals surface area contributed by atoms with Crippen LogP contribution in [0.1, 0.15) is 98.8 Å². The van der Waals surface area contributed by atoms with Crippen LogP contribution in [0.25, 0.3) is 0 Å². The van der Waals surface area contributed by atoms with Gasteiger partial charge >= 0.3 is 18.0 Å². The van der Waals surface area contributed by atoms with Crippen LogP contribution in [0.4, 0.5) is 4.79 Å². The zero-order valence-electron chi connectivity index (χ0n) is 20.2. The van der Waals surface area contributed by atoms with Crippen molar-refractivity contribution in [3.8, 4) is 0 Å². The Morgan fingerprint density at radius 1 is 0.871 bits per heavy atom. The number of nitrogens with one attached hydrogen (secondary N) is 1. The van der Waals surface area contributed by atoms with E-state index in [1.165, 1.54) is 32.1 Å². The molecule has 0 unspecified atom stereocenters. The fourth-order valence-corrected chi connectivity index (χ4v) is 4.22. The van der Waals surface area contributed by atoms with E-state index < -0.39 is 29.0 Å². The zero-order valence-corrected chi connectivity index (χ0v) is 20.2. The first-order valence-electron chi connectivity index (χ1n) is 12.0. The Morgan fingerprint density at radius 2 is 1.42 bits per heavy atom. The number of hydrogen-bond acceptors (Lipinski definition) is 6. The molecule has 1 aliphatic rings. The summed E-state index contributed by atoms with van der Waals surface area (Å²) in [6.07, 6.45) is 8.69. The third-order valence-electron chi connectivity index (χ3n) is 5.72. The molecule has 0 aromatic carbocycles. The van der Waals surface area contributed by atoms with Gasteiger partial charge in [0.15, 0.2) is 5.41 Å². The van der Waals surface area contributed by atoms with Gasteiger partial charge in [-0.05, 0) is 59.8 Å². The van der Waals surface area contributed by atoms with E-state index in [1.54, 1.807) is 34.6 Å². The lowest BCUT2D eigenvalue weighted by Gasteiger charge is -2.30. The van der Waals surface area contributed by atoms with Crippen molar-refractivity contribution >= 4 is 18.0 Å². The highest BCUT2D eigenvalue weighted by molar-refractivity contribution is 6.00.